The number of nitrogens with zero attached hydrogens (tertiary/aromatic N) is 8. The Balaban J connectivity index is 0.000000263. The number of thiocarbonyl (C=S) groups is 1. The summed E-state index contributed by atoms with van der Waals surface area (Å²) in [6.45, 7) is 5.11. The van der Waals surface area contributed by atoms with Gasteiger partial charge in [-0.15, -0.1) is 45.8 Å². The van der Waals surface area contributed by atoms with Crippen LogP contribution in [0.15, 0.2) is 107 Å². The van der Waals surface area contributed by atoms with E-state index in [0.29, 0.717) is 52.9 Å². The number of pyridine rings is 3. The van der Waals surface area contributed by atoms with Crippen LogP contribution in [0.3, 0.4) is 0 Å². The molecular formula is C49H43F3N8O4RuS5. The monoisotopic (exact) mass is 1130 g/mol. The third kappa shape index (κ3) is 15.9. The Labute approximate surface area is 437 Å². The van der Waals surface area contributed by atoms with Gasteiger partial charge in [0.05, 0.1) is 37.6 Å². The molecule has 8 rings (SSSR count). The molecule has 70 heavy (non-hydrogen) atoms. The molecule has 0 aliphatic carbocycles. The Morgan fingerprint density at radius 1 is 0.729 bits per heavy atom. The number of rotatable bonds is 20. The largest absolute Gasteiger partial charge is 2.00 e. The first kappa shape index (κ1) is 55.3. The summed E-state index contributed by atoms with van der Waals surface area (Å²) in [6.07, 6.45) is 9.70. The van der Waals surface area contributed by atoms with Crippen LogP contribution in [-0.4, -0.2) is 53.9 Å². The van der Waals surface area contributed by atoms with Gasteiger partial charge in [0, 0.05) is 51.4 Å². The molecule has 0 bridgehead atoms. The van der Waals surface area contributed by atoms with Gasteiger partial charge in [-0.25, -0.2) is 15.0 Å². The van der Waals surface area contributed by atoms with Gasteiger partial charge in [0.15, 0.2) is 0 Å². The fourth-order valence-electron chi connectivity index (χ4n) is 6.63. The van der Waals surface area contributed by atoms with E-state index in [4.69, 9.17) is 19.9 Å². The third-order valence-corrected chi connectivity index (χ3v) is 14.6. The van der Waals surface area contributed by atoms with E-state index in [9.17, 15) is 22.8 Å². The van der Waals surface area contributed by atoms with E-state index in [1.54, 1.807) is 65.4 Å². The van der Waals surface area contributed by atoms with Gasteiger partial charge < -0.3 is 25.1 Å². The summed E-state index contributed by atoms with van der Waals surface area (Å²) in [6, 6.07) is 23.8. The molecule has 8 heterocycles. The Kier molecular flexibility index (Phi) is 22.3. The number of hydrogen-bond acceptors (Lipinski definition) is 15. The van der Waals surface area contributed by atoms with E-state index in [0.717, 1.165) is 40.0 Å². The minimum atomic E-state index is -4.53. The Bertz CT molecular complexity index is 2950. The molecule has 362 valence electrons. The van der Waals surface area contributed by atoms with E-state index >= 15 is 0 Å². The van der Waals surface area contributed by atoms with Crippen LogP contribution in [0.1, 0.15) is 70.1 Å². The van der Waals surface area contributed by atoms with Gasteiger partial charge >= 0.3 is 25.7 Å². The van der Waals surface area contributed by atoms with E-state index in [1.165, 1.54) is 69.4 Å². The molecule has 0 aromatic carbocycles. The number of aromatic nitrogens is 7. The van der Waals surface area contributed by atoms with Crippen molar-refractivity contribution in [2.75, 3.05) is 5.75 Å². The van der Waals surface area contributed by atoms with Crippen LogP contribution in [0, 0.1) is 0 Å². The molecule has 8 aromatic heterocycles. The maximum atomic E-state index is 12.7. The number of alkyl halides is 3. The van der Waals surface area contributed by atoms with Gasteiger partial charge in [0.25, 0.3) is 12.9 Å². The molecule has 0 saturated carbocycles. The number of hydrogen-bond donors (Lipinski definition) is 0. The number of thioether (sulfide) groups is 1. The van der Waals surface area contributed by atoms with Crippen molar-refractivity contribution >= 4 is 76.1 Å². The molecule has 0 aliphatic rings. The second-order valence-corrected chi connectivity index (χ2v) is 19.4. The smallest absolute Gasteiger partial charge is 0.753 e. The quantitative estimate of drug-likeness (QED) is 0.0177. The predicted molar refractivity (Wildman–Crippen MR) is 272 cm³/mol. The SMILES string of the molecule is CCCCCCc1ccsc1-c1ccnc(-c2cc(C(F)(F)F)n[n-]2)n1.CCCCCSc1ccc(-c2ccc(-c3ccnc(-c4cc(OC=O)cc(-c5cc(OC=O)ccn5)n4)c3)s2)s1.[N-]=C=S.[Ru+2]. The van der Waals surface area contributed by atoms with Crippen LogP contribution in [0.2, 0.25) is 0 Å². The maximum absolute atomic E-state index is 12.7. The summed E-state index contributed by atoms with van der Waals surface area (Å²) in [7, 11) is 0. The molecule has 0 radical (unpaired) electrons. The van der Waals surface area contributed by atoms with Gasteiger partial charge in [-0.3, -0.25) is 19.6 Å². The average Bonchev–Trinajstić information content (AvgIpc) is 4.21. The van der Waals surface area contributed by atoms with Crippen LogP contribution >= 0.6 is 58.0 Å². The maximum Gasteiger partial charge on any atom is 2.00 e. The first-order valence-corrected chi connectivity index (χ1v) is 25.5. The van der Waals surface area contributed by atoms with Crippen molar-refractivity contribution in [2.24, 2.45) is 0 Å². The Morgan fingerprint density at radius 3 is 2.09 bits per heavy atom. The molecule has 0 saturated heterocycles. The summed E-state index contributed by atoms with van der Waals surface area (Å²) in [5.41, 5.74) is 3.94. The molecule has 12 nitrogen and oxygen atoms in total. The number of unbranched alkanes of at least 4 members (excludes halogenated alkanes) is 5. The fourth-order valence-corrected chi connectivity index (χ4v) is 10.9. The van der Waals surface area contributed by atoms with E-state index in [1.807, 2.05) is 40.6 Å². The average molecular weight is 1130 g/mol. The number of halogens is 3. The van der Waals surface area contributed by atoms with Crippen LogP contribution in [0.25, 0.3) is 70.5 Å². The summed E-state index contributed by atoms with van der Waals surface area (Å²) >= 11 is 10.8. The molecule has 0 atom stereocenters. The van der Waals surface area contributed by atoms with Gasteiger partial charge in [-0.1, -0.05) is 63.9 Å². The zero-order valence-corrected chi connectivity index (χ0v) is 43.4. The van der Waals surface area contributed by atoms with E-state index in [-0.39, 0.29) is 31.0 Å². The van der Waals surface area contributed by atoms with Gasteiger partial charge in [-0.2, -0.15) is 18.3 Å². The zero-order valence-electron chi connectivity index (χ0n) is 37.6. The molecule has 8 aromatic rings. The normalized spacial score (nSPS) is 10.7. The van der Waals surface area contributed by atoms with Crippen molar-refractivity contribution in [3.8, 4) is 76.6 Å². The number of isothiocyanates is 1. The first-order valence-electron chi connectivity index (χ1n) is 21.5. The molecule has 21 heteroatoms. The topological polar surface area (TPSA) is 166 Å². The van der Waals surface area contributed by atoms with Gasteiger partial charge in [-0.05, 0) is 102 Å². The Hall–Kier alpha value is -5.66. The number of carbonyl (C=O) groups is 2. The third-order valence-electron chi connectivity index (χ3n) is 9.88. The number of thiophene rings is 3. The summed E-state index contributed by atoms with van der Waals surface area (Å²) in [5, 5.41) is 17.2. The van der Waals surface area contributed by atoms with Gasteiger partial charge in [0.2, 0.25) is 0 Å². The second-order valence-electron chi connectivity index (χ2n) is 14.7. The molecule has 0 amide bonds. The standard InChI is InChI=1S/C30H25N3O4S3.C18H18F3N4S.CNS.Ru/c1-2-3-4-13-38-30-8-7-29(40-30)28-6-5-27(39-28)20-9-11-31-23(14-20)25-16-22(37-19-35)17-26(33-25)24-15-21(36-18-34)10-12-32-24;1-2-3-4-5-6-12-8-10-26-16(12)13-7-9-22-17(23-13)14-11-15(25-24-14)18(19,20)21;2-1-3;/h5-12,14-19H,2-4,13H2,1H3;7-11H,2-6H2,1H3;;/q;2*-1;+2. The van der Waals surface area contributed by atoms with Crippen LogP contribution < -0.4 is 14.6 Å². The fraction of sp³-hybridized carbons (Fsp3) is 0.245. The van der Waals surface area contributed by atoms with Crippen LogP contribution in [0.4, 0.5) is 13.2 Å². The zero-order chi connectivity index (χ0) is 49.0. The molecular weight excluding hydrogens is 1080 g/mol. The van der Waals surface area contributed by atoms with Crippen molar-refractivity contribution in [1.82, 2.24) is 35.1 Å². The number of carbonyl (C=O) groups excluding carboxylic acids is 2. The second kappa shape index (κ2) is 28.3. The number of aryl methyl sites for hydroxylation is 1. The van der Waals surface area contributed by atoms with Crippen molar-refractivity contribution in [3.05, 3.63) is 120 Å². The molecule has 0 N–H and O–H groups in total. The van der Waals surface area contributed by atoms with Crippen LogP contribution in [-0.2, 0) is 41.7 Å². The summed E-state index contributed by atoms with van der Waals surface area (Å²) in [5.74, 6) is 1.93. The summed E-state index contributed by atoms with van der Waals surface area (Å²) < 4.78 is 49.6. The van der Waals surface area contributed by atoms with E-state index in [2.05, 4.69) is 86.5 Å². The van der Waals surface area contributed by atoms with Crippen molar-refractivity contribution < 1.29 is 51.7 Å². The van der Waals surface area contributed by atoms with E-state index < -0.39 is 11.9 Å². The van der Waals surface area contributed by atoms with Crippen molar-refractivity contribution in [2.45, 2.75) is 75.6 Å². The molecule has 0 unspecified atom stereocenters. The first-order chi connectivity index (χ1) is 33.6. The minimum absolute atomic E-state index is 0. The minimum Gasteiger partial charge on any atom is -0.753 e. The molecule has 0 fully saturated rings. The van der Waals surface area contributed by atoms with Crippen molar-refractivity contribution in [1.29, 1.82) is 0 Å². The predicted octanol–water partition coefficient (Wildman–Crippen LogP) is 14.0. The molecule has 0 aliphatic heterocycles. The number of ether oxygens (including phenoxy) is 2. The summed E-state index contributed by atoms with van der Waals surface area (Å²) in [4.78, 5) is 48.6. The Morgan fingerprint density at radius 2 is 1.37 bits per heavy atom. The van der Waals surface area contributed by atoms with Crippen molar-refractivity contribution in [3.63, 3.8) is 0 Å². The van der Waals surface area contributed by atoms with Gasteiger partial charge in [0.1, 0.15) is 23.0 Å². The molecule has 0 spiro atoms. The van der Waals surface area contributed by atoms with Crippen LogP contribution in [0.5, 0.6) is 11.5 Å².